The monoisotopic (exact) mass is 256 g/mol. The minimum Gasteiger partial charge on any atom is -0.450 e. The van der Waals surface area contributed by atoms with Crippen molar-refractivity contribution in [1.82, 2.24) is 15.3 Å². The number of nitrogens with zero attached hydrogens (tertiary/aromatic N) is 2. The Morgan fingerprint density at radius 1 is 1.58 bits per heavy atom. The van der Waals surface area contributed by atoms with Gasteiger partial charge in [0.1, 0.15) is 11.6 Å². The zero-order valence-electron chi connectivity index (χ0n) is 10.3. The number of imidazole rings is 1. The third kappa shape index (κ3) is 2.90. The van der Waals surface area contributed by atoms with Crippen LogP contribution in [0.2, 0.25) is 0 Å². The number of benzene rings is 1. The normalized spacial score (nSPS) is 11.1. The summed E-state index contributed by atoms with van der Waals surface area (Å²) in [4.78, 5) is 18.4. The van der Waals surface area contributed by atoms with E-state index in [-0.39, 0.29) is 12.2 Å². The van der Waals surface area contributed by atoms with Crippen molar-refractivity contribution >= 4 is 22.7 Å². The maximum Gasteiger partial charge on any atom is 0.411 e. The quantitative estimate of drug-likeness (QED) is 0.823. The first-order valence-corrected chi connectivity index (χ1v) is 5.73. The van der Waals surface area contributed by atoms with Gasteiger partial charge in [0.15, 0.2) is 5.82 Å². The Kier molecular flexibility index (Phi) is 3.78. The van der Waals surface area contributed by atoms with Crippen molar-refractivity contribution in [2.75, 3.05) is 6.61 Å². The third-order valence-electron chi connectivity index (χ3n) is 2.37. The van der Waals surface area contributed by atoms with Crippen LogP contribution in [0.3, 0.4) is 0 Å². The second kappa shape index (κ2) is 5.69. The topological polar surface area (TPSA) is 90.8 Å². The summed E-state index contributed by atoms with van der Waals surface area (Å²) >= 11 is 0. The number of para-hydroxylation sites is 2. The van der Waals surface area contributed by atoms with E-state index in [4.69, 9.17) is 10.00 Å². The Morgan fingerprint density at radius 3 is 3.05 bits per heavy atom. The molecule has 0 aliphatic rings. The van der Waals surface area contributed by atoms with E-state index in [1.54, 1.807) is 6.92 Å². The van der Waals surface area contributed by atoms with Crippen LogP contribution in [0.1, 0.15) is 12.7 Å². The Hall–Kier alpha value is -2.81. The van der Waals surface area contributed by atoms with Crippen LogP contribution in [-0.2, 0) is 4.74 Å². The number of nitrogens with one attached hydrogen (secondary N) is 2. The lowest BCUT2D eigenvalue weighted by Crippen LogP contribution is -2.18. The number of aromatic amines is 1. The zero-order valence-corrected chi connectivity index (χ0v) is 10.3. The number of aromatic nitrogens is 2. The third-order valence-corrected chi connectivity index (χ3v) is 2.37. The molecule has 1 amide bonds. The molecule has 6 nitrogen and oxygen atoms in total. The highest BCUT2D eigenvalue weighted by molar-refractivity contribution is 5.83. The Labute approximate surface area is 109 Å². The van der Waals surface area contributed by atoms with Crippen molar-refractivity contribution in [3.8, 4) is 6.07 Å². The molecule has 0 fully saturated rings. The first-order valence-electron chi connectivity index (χ1n) is 5.73. The van der Waals surface area contributed by atoms with Crippen LogP contribution >= 0.6 is 0 Å². The van der Waals surface area contributed by atoms with Crippen LogP contribution < -0.4 is 5.32 Å². The van der Waals surface area contributed by atoms with Gasteiger partial charge in [-0.25, -0.2) is 9.78 Å². The summed E-state index contributed by atoms with van der Waals surface area (Å²) in [5.74, 6) is 0.403. The number of carbonyl (C=O) groups excluding carboxylic acids is 1. The maximum absolute atomic E-state index is 11.1. The van der Waals surface area contributed by atoms with E-state index in [2.05, 4.69) is 15.3 Å². The van der Waals surface area contributed by atoms with Crippen LogP contribution in [-0.4, -0.2) is 22.7 Å². The fourth-order valence-electron chi connectivity index (χ4n) is 1.54. The van der Waals surface area contributed by atoms with E-state index in [0.29, 0.717) is 5.82 Å². The van der Waals surface area contributed by atoms with Gasteiger partial charge in [-0.15, -0.1) is 0 Å². The molecule has 1 heterocycles. The number of hydrogen-bond donors (Lipinski definition) is 2. The molecule has 96 valence electrons. The predicted octanol–water partition coefficient (Wildman–Crippen LogP) is 2.17. The smallest absolute Gasteiger partial charge is 0.411 e. The lowest BCUT2D eigenvalue weighted by molar-refractivity contribution is 0.156. The molecule has 0 saturated carbocycles. The van der Waals surface area contributed by atoms with Gasteiger partial charge in [-0.3, -0.25) is 5.32 Å². The predicted molar refractivity (Wildman–Crippen MR) is 69.8 cm³/mol. The van der Waals surface area contributed by atoms with Gasteiger partial charge in [-0.1, -0.05) is 12.1 Å². The Bertz CT molecular complexity index is 634. The van der Waals surface area contributed by atoms with E-state index >= 15 is 0 Å². The molecule has 2 N–H and O–H groups in total. The summed E-state index contributed by atoms with van der Waals surface area (Å²) in [6.45, 7) is 1.97. The molecule has 0 saturated heterocycles. The van der Waals surface area contributed by atoms with Gasteiger partial charge in [0.2, 0.25) is 0 Å². The lowest BCUT2D eigenvalue weighted by atomic mass is 10.3. The second-order valence-electron chi connectivity index (χ2n) is 3.64. The molecule has 0 radical (unpaired) electrons. The fraction of sp³-hybridized carbons (Fsp3) is 0.154. The lowest BCUT2D eigenvalue weighted by Gasteiger charge is -2.00. The molecule has 2 rings (SSSR count). The highest BCUT2D eigenvalue weighted by Crippen LogP contribution is 2.15. The maximum atomic E-state index is 11.1. The Balaban J connectivity index is 2.24. The van der Waals surface area contributed by atoms with E-state index in [9.17, 15) is 4.79 Å². The molecule has 0 atom stereocenters. The molecule has 0 spiro atoms. The molecule has 0 bridgehead atoms. The van der Waals surface area contributed by atoms with E-state index in [0.717, 1.165) is 11.0 Å². The van der Waals surface area contributed by atoms with Crippen LogP contribution in [0.5, 0.6) is 0 Å². The Morgan fingerprint density at radius 2 is 2.37 bits per heavy atom. The van der Waals surface area contributed by atoms with Crippen molar-refractivity contribution in [3.63, 3.8) is 0 Å². The summed E-state index contributed by atoms with van der Waals surface area (Å²) in [5.41, 5.74) is 1.81. The van der Waals surface area contributed by atoms with E-state index in [1.807, 2.05) is 30.3 Å². The largest absolute Gasteiger partial charge is 0.450 e. The molecule has 6 heteroatoms. The average Bonchev–Trinajstić information content (AvgIpc) is 2.83. The standard InChI is InChI=1S/C13H12N4O2/c1-2-19-13(18)15-8-9(7-14)12-16-10-5-3-4-6-11(10)17-12/h3-6,8H,2H2,1H3,(H,15,18)(H,16,17)/b9-8+. The summed E-state index contributed by atoms with van der Waals surface area (Å²) < 4.78 is 4.70. The number of carbonyl (C=O) groups is 1. The van der Waals surface area contributed by atoms with Gasteiger partial charge >= 0.3 is 6.09 Å². The van der Waals surface area contributed by atoms with Gasteiger partial charge in [-0.2, -0.15) is 5.26 Å². The molecular formula is C13H12N4O2. The highest BCUT2D eigenvalue weighted by Gasteiger charge is 2.08. The second-order valence-corrected chi connectivity index (χ2v) is 3.64. The highest BCUT2D eigenvalue weighted by atomic mass is 16.5. The van der Waals surface area contributed by atoms with Crippen LogP contribution in [0.4, 0.5) is 4.79 Å². The molecule has 0 aliphatic carbocycles. The van der Waals surface area contributed by atoms with Crippen molar-refractivity contribution < 1.29 is 9.53 Å². The number of fused-ring (bicyclic) bond motifs is 1. The molecule has 2 aromatic rings. The van der Waals surface area contributed by atoms with Crippen molar-refractivity contribution in [1.29, 1.82) is 5.26 Å². The first kappa shape index (κ1) is 12.6. The van der Waals surface area contributed by atoms with E-state index < -0.39 is 6.09 Å². The van der Waals surface area contributed by atoms with Gasteiger partial charge in [0.05, 0.1) is 17.6 Å². The molecular weight excluding hydrogens is 244 g/mol. The van der Waals surface area contributed by atoms with Crippen molar-refractivity contribution in [2.24, 2.45) is 0 Å². The van der Waals surface area contributed by atoms with Crippen LogP contribution in [0, 0.1) is 11.3 Å². The number of alkyl carbamates (subject to hydrolysis) is 1. The van der Waals surface area contributed by atoms with Gasteiger partial charge in [-0.05, 0) is 19.1 Å². The molecule has 1 aromatic carbocycles. The molecule has 19 heavy (non-hydrogen) atoms. The number of rotatable bonds is 3. The minimum absolute atomic E-state index is 0.226. The summed E-state index contributed by atoms with van der Waals surface area (Å²) in [7, 11) is 0. The molecule has 0 aliphatic heterocycles. The van der Waals surface area contributed by atoms with Gasteiger partial charge in [0, 0.05) is 6.20 Å². The zero-order chi connectivity index (χ0) is 13.7. The van der Waals surface area contributed by atoms with E-state index in [1.165, 1.54) is 6.20 Å². The average molecular weight is 256 g/mol. The number of H-pyrrole nitrogens is 1. The summed E-state index contributed by atoms with van der Waals surface area (Å²) in [5, 5.41) is 11.4. The number of nitriles is 1. The van der Waals surface area contributed by atoms with Crippen molar-refractivity contribution in [3.05, 3.63) is 36.3 Å². The van der Waals surface area contributed by atoms with Crippen LogP contribution in [0.25, 0.3) is 16.6 Å². The van der Waals surface area contributed by atoms with Crippen molar-refractivity contribution in [2.45, 2.75) is 6.92 Å². The number of ether oxygens (including phenoxy) is 1. The molecule has 1 aromatic heterocycles. The summed E-state index contributed by atoms with van der Waals surface area (Å²) in [6, 6.07) is 9.40. The number of allylic oxidation sites excluding steroid dienone is 1. The summed E-state index contributed by atoms with van der Waals surface area (Å²) in [6.07, 6.45) is 0.668. The fourth-order valence-corrected chi connectivity index (χ4v) is 1.54. The van der Waals surface area contributed by atoms with Crippen LogP contribution in [0.15, 0.2) is 30.5 Å². The van der Waals surface area contributed by atoms with Gasteiger partial charge < -0.3 is 9.72 Å². The minimum atomic E-state index is -0.605. The van der Waals surface area contributed by atoms with Gasteiger partial charge in [0.25, 0.3) is 0 Å². The SMILES string of the molecule is CCOC(=O)N/C=C(\C#N)c1nc2ccccc2[nH]1. The number of hydrogen-bond acceptors (Lipinski definition) is 4. The first-order chi connectivity index (χ1) is 9.24. The molecule has 0 unspecified atom stereocenters. The number of amides is 1.